The predicted octanol–water partition coefficient (Wildman–Crippen LogP) is 3.67. The van der Waals surface area contributed by atoms with Crippen molar-refractivity contribution in [3.8, 4) is 0 Å². The van der Waals surface area contributed by atoms with Gasteiger partial charge in [0, 0.05) is 11.1 Å². The van der Waals surface area contributed by atoms with E-state index in [2.05, 4.69) is 6.92 Å². The van der Waals surface area contributed by atoms with Gasteiger partial charge in [-0.05, 0) is 24.1 Å². The Morgan fingerprint density at radius 2 is 2.21 bits per heavy atom. The van der Waals surface area contributed by atoms with Crippen LogP contribution in [0.3, 0.4) is 0 Å². The minimum Gasteiger partial charge on any atom is -0.324 e. The van der Waals surface area contributed by atoms with Crippen molar-refractivity contribution in [3.63, 3.8) is 0 Å². The smallest absolute Gasteiger partial charge is 0.124 e. The summed E-state index contributed by atoms with van der Waals surface area (Å²) in [7, 11) is 0. The summed E-state index contributed by atoms with van der Waals surface area (Å²) in [5, 5.41) is 0.425. The van der Waals surface area contributed by atoms with Gasteiger partial charge in [0.15, 0.2) is 0 Å². The first-order valence-electron chi connectivity index (χ1n) is 4.85. The number of hydrogen-bond donors (Lipinski definition) is 1. The molecule has 14 heavy (non-hydrogen) atoms. The molecule has 0 fully saturated rings. The number of benzene rings is 1. The SMILES string of the molecule is CCCC[C@@H](N)c1ccc(F)cc1Cl. The Labute approximate surface area is 89.1 Å². The van der Waals surface area contributed by atoms with Crippen LogP contribution in [0.2, 0.25) is 5.02 Å². The molecule has 0 heterocycles. The zero-order valence-corrected chi connectivity index (χ0v) is 9.02. The van der Waals surface area contributed by atoms with Crippen molar-refractivity contribution < 1.29 is 4.39 Å². The minimum absolute atomic E-state index is 0.0805. The van der Waals surface area contributed by atoms with Gasteiger partial charge >= 0.3 is 0 Å². The fourth-order valence-electron chi connectivity index (χ4n) is 1.38. The highest BCUT2D eigenvalue weighted by Crippen LogP contribution is 2.25. The van der Waals surface area contributed by atoms with E-state index in [4.69, 9.17) is 17.3 Å². The molecule has 0 aliphatic rings. The molecule has 78 valence electrons. The zero-order valence-electron chi connectivity index (χ0n) is 8.26. The monoisotopic (exact) mass is 215 g/mol. The summed E-state index contributed by atoms with van der Waals surface area (Å²) in [4.78, 5) is 0. The lowest BCUT2D eigenvalue weighted by Crippen LogP contribution is -2.10. The number of hydrogen-bond acceptors (Lipinski definition) is 1. The molecule has 0 amide bonds. The largest absolute Gasteiger partial charge is 0.324 e. The third-order valence-electron chi connectivity index (χ3n) is 2.23. The van der Waals surface area contributed by atoms with E-state index in [1.807, 2.05) is 0 Å². The van der Waals surface area contributed by atoms with E-state index in [-0.39, 0.29) is 11.9 Å². The summed E-state index contributed by atoms with van der Waals surface area (Å²) in [5.74, 6) is -0.318. The zero-order chi connectivity index (χ0) is 10.6. The highest BCUT2D eigenvalue weighted by atomic mass is 35.5. The van der Waals surface area contributed by atoms with Crippen LogP contribution in [0.5, 0.6) is 0 Å². The average molecular weight is 216 g/mol. The van der Waals surface area contributed by atoms with Crippen molar-refractivity contribution in [1.82, 2.24) is 0 Å². The van der Waals surface area contributed by atoms with Crippen LogP contribution >= 0.6 is 11.6 Å². The Kier molecular flexibility index (Phi) is 4.36. The van der Waals surface area contributed by atoms with Gasteiger partial charge in [-0.2, -0.15) is 0 Å². The Morgan fingerprint density at radius 1 is 1.50 bits per heavy atom. The van der Waals surface area contributed by atoms with E-state index in [9.17, 15) is 4.39 Å². The molecule has 1 rings (SSSR count). The van der Waals surface area contributed by atoms with E-state index in [0.717, 1.165) is 24.8 Å². The van der Waals surface area contributed by atoms with Gasteiger partial charge in [0.25, 0.3) is 0 Å². The number of rotatable bonds is 4. The van der Waals surface area contributed by atoms with Crippen molar-refractivity contribution in [2.45, 2.75) is 32.2 Å². The summed E-state index contributed by atoms with van der Waals surface area (Å²) in [6.07, 6.45) is 3.06. The van der Waals surface area contributed by atoms with Crippen molar-refractivity contribution in [2.24, 2.45) is 5.73 Å². The lowest BCUT2D eigenvalue weighted by molar-refractivity contribution is 0.597. The second kappa shape index (κ2) is 5.32. The van der Waals surface area contributed by atoms with Crippen LogP contribution in [0.4, 0.5) is 4.39 Å². The minimum atomic E-state index is -0.318. The summed E-state index contributed by atoms with van der Waals surface area (Å²) >= 11 is 5.88. The van der Waals surface area contributed by atoms with Gasteiger partial charge in [0.1, 0.15) is 5.82 Å². The van der Waals surface area contributed by atoms with Gasteiger partial charge in [-0.25, -0.2) is 4.39 Å². The highest BCUT2D eigenvalue weighted by Gasteiger charge is 2.09. The molecule has 1 atom stereocenters. The first kappa shape index (κ1) is 11.5. The molecular formula is C11H15ClFN. The Morgan fingerprint density at radius 3 is 2.79 bits per heavy atom. The normalized spacial score (nSPS) is 12.9. The molecule has 0 aliphatic heterocycles. The van der Waals surface area contributed by atoms with E-state index >= 15 is 0 Å². The first-order valence-corrected chi connectivity index (χ1v) is 5.23. The lowest BCUT2D eigenvalue weighted by Gasteiger charge is -2.12. The molecule has 1 aromatic rings. The van der Waals surface area contributed by atoms with Crippen LogP contribution in [0.1, 0.15) is 37.8 Å². The number of nitrogens with two attached hydrogens (primary N) is 1. The Bertz CT molecular complexity index is 301. The van der Waals surface area contributed by atoms with Crippen molar-refractivity contribution >= 4 is 11.6 Å². The standard InChI is InChI=1S/C11H15ClFN/c1-2-3-4-11(14)9-6-5-8(13)7-10(9)12/h5-7,11H,2-4,14H2,1H3/t11-/m1/s1. The van der Waals surface area contributed by atoms with Gasteiger partial charge in [-0.1, -0.05) is 37.4 Å². The third kappa shape index (κ3) is 2.96. The number of unbranched alkanes of at least 4 members (excludes halogenated alkanes) is 1. The second-order valence-corrected chi connectivity index (χ2v) is 3.82. The third-order valence-corrected chi connectivity index (χ3v) is 2.56. The lowest BCUT2D eigenvalue weighted by atomic mass is 10.0. The fourth-order valence-corrected chi connectivity index (χ4v) is 1.69. The fraction of sp³-hybridized carbons (Fsp3) is 0.455. The Balaban J connectivity index is 2.74. The van der Waals surface area contributed by atoms with Gasteiger partial charge in [-0.15, -0.1) is 0 Å². The number of halogens is 2. The molecule has 0 aliphatic carbocycles. The maximum Gasteiger partial charge on any atom is 0.124 e. The van der Waals surface area contributed by atoms with Crippen LogP contribution in [0, 0.1) is 5.82 Å². The first-order chi connectivity index (χ1) is 6.65. The second-order valence-electron chi connectivity index (χ2n) is 3.41. The van der Waals surface area contributed by atoms with Gasteiger partial charge in [0.05, 0.1) is 0 Å². The molecule has 0 unspecified atom stereocenters. The summed E-state index contributed by atoms with van der Waals surface area (Å²) in [6, 6.07) is 4.29. The summed E-state index contributed by atoms with van der Waals surface area (Å²) in [6.45, 7) is 2.11. The van der Waals surface area contributed by atoms with Crippen LogP contribution in [-0.2, 0) is 0 Å². The molecule has 0 spiro atoms. The molecule has 2 N–H and O–H groups in total. The molecule has 0 saturated heterocycles. The Hall–Kier alpha value is -0.600. The van der Waals surface area contributed by atoms with Crippen LogP contribution in [0.15, 0.2) is 18.2 Å². The molecular weight excluding hydrogens is 201 g/mol. The van der Waals surface area contributed by atoms with Crippen molar-refractivity contribution in [3.05, 3.63) is 34.6 Å². The highest BCUT2D eigenvalue weighted by molar-refractivity contribution is 6.31. The average Bonchev–Trinajstić information content (AvgIpc) is 2.14. The van der Waals surface area contributed by atoms with Gasteiger partial charge < -0.3 is 5.73 Å². The quantitative estimate of drug-likeness (QED) is 0.815. The topological polar surface area (TPSA) is 26.0 Å². The maximum atomic E-state index is 12.7. The molecule has 1 aromatic carbocycles. The van der Waals surface area contributed by atoms with E-state index in [1.54, 1.807) is 6.07 Å². The van der Waals surface area contributed by atoms with Crippen molar-refractivity contribution in [2.75, 3.05) is 0 Å². The van der Waals surface area contributed by atoms with Crippen LogP contribution < -0.4 is 5.73 Å². The molecule has 0 bridgehead atoms. The predicted molar refractivity (Wildman–Crippen MR) is 57.9 cm³/mol. The molecule has 0 radical (unpaired) electrons. The van der Waals surface area contributed by atoms with E-state index < -0.39 is 0 Å². The molecule has 3 heteroatoms. The van der Waals surface area contributed by atoms with Crippen LogP contribution in [0.25, 0.3) is 0 Å². The van der Waals surface area contributed by atoms with Gasteiger partial charge in [-0.3, -0.25) is 0 Å². The van der Waals surface area contributed by atoms with E-state index in [0.29, 0.717) is 5.02 Å². The molecule has 0 saturated carbocycles. The molecule has 0 aromatic heterocycles. The van der Waals surface area contributed by atoms with Gasteiger partial charge in [0.2, 0.25) is 0 Å². The summed E-state index contributed by atoms with van der Waals surface area (Å²) in [5.41, 5.74) is 6.76. The summed E-state index contributed by atoms with van der Waals surface area (Å²) < 4.78 is 12.7. The van der Waals surface area contributed by atoms with Crippen LogP contribution in [-0.4, -0.2) is 0 Å². The molecule has 1 nitrogen and oxygen atoms in total. The maximum absolute atomic E-state index is 12.7. The van der Waals surface area contributed by atoms with E-state index in [1.165, 1.54) is 12.1 Å². The van der Waals surface area contributed by atoms with Crippen molar-refractivity contribution in [1.29, 1.82) is 0 Å².